The second kappa shape index (κ2) is 8.49. The Morgan fingerprint density at radius 1 is 1.30 bits per heavy atom. The largest absolute Gasteiger partial charge is 0.383 e. The van der Waals surface area contributed by atoms with Crippen LogP contribution < -0.4 is 11.1 Å². The number of aromatic nitrogens is 2. The van der Waals surface area contributed by atoms with Crippen molar-refractivity contribution in [2.75, 3.05) is 24.6 Å². The first-order chi connectivity index (χ1) is 12.9. The molecule has 1 aromatic heterocycles. The van der Waals surface area contributed by atoms with E-state index in [1.165, 1.54) is 17.5 Å². The van der Waals surface area contributed by atoms with E-state index in [0.29, 0.717) is 29.5 Å². The zero-order valence-corrected chi connectivity index (χ0v) is 16.7. The Hall–Kier alpha value is -3.15. The van der Waals surface area contributed by atoms with Crippen molar-refractivity contribution in [2.24, 2.45) is 0 Å². The van der Waals surface area contributed by atoms with Gasteiger partial charge in [-0.25, -0.2) is 9.97 Å². The van der Waals surface area contributed by atoms with Crippen molar-refractivity contribution in [3.05, 3.63) is 59.1 Å². The van der Waals surface area contributed by atoms with E-state index in [1.54, 1.807) is 6.92 Å². The van der Waals surface area contributed by atoms with Crippen LogP contribution >= 0.6 is 0 Å². The standard InChI is InChI=1S/C19H22N6.C2H6/c1-11-6-5-7-14-8-15(25(4)13(3)16(11)14)9-22-19-17(12(2)20)18(21)23-10-24-19;1-2/h5-8,10,20H,3,9H2,1-2,4H3,(H3,21,22,23,24);1-2H3. The van der Waals surface area contributed by atoms with E-state index in [2.05, 4.69) is 58.0 Å². The van der Waals surface area contributed by atoms with Crippen molar-refractivity contribution in [1.82, 2.24) is 14.9 Å². The maximum atomic E-state index is 7.89. The van der Waals surface area contributed by atoms with Gasteiger partial charge in [0.2, 0.25) is 0 Å². The lowest BCUT2D eigenvalue weighted by Crippen LogP contribution is -2.25. The van der Waals surface area contributed by atoms with Crippen LogP contribution in [0.3, 0.4) is 0 Å². The molecule has 142 valence electrons. The third kappa shape index (κ3) is 4.00. The Bertz CT molecular complexity index is 898. The van der Waals surface area contributed by atoms with Crippen LogP contribution in [0.4, 0.5) is 11.6 Å². The van der Waals surface area contributed by atoms with Gasteiger partial charge in [0.1, 0.15) is 18.0 Å². The normalized spacial score (nSPS) is 12.6. The van der Waals surface area contributed by atoms with E-state index in [4.69, 9.17) is 11.1 Å². The van der Waals surface area contributed by atoms with E-state index in [-0.39, 0.29) is 0 Å². The topological polar surface area (TPSA) is 90.9 Å². The predicted octanol–water partition coefficient (Wildman–Crippen LogP) is 4.15. The molecule has 0 bridgehead atoms. The highest BCUT2D eigenvalue weighted by Crippen LogP contribution is 2.33. The zero-order valence-electron chi connectivity index (χ0n) is 16.7. The van der Waals surface area contributed by atoms with E-state index < -0.39 is 0 Å². The molecule has 1 aliphatic rings. The summed E-state index contributed by atoms with van der Waals surface area (Å²) in [6.07, 6.45) is 3.55. The molecule has 0 saturated heterocycles. The summed E-state index contributed by atoms with van der Waals surface area (Å²) in [5, 5.41) is 11.2. The quantitative estimate of drug-likeness (QED) is 0.709. The van der Waals surface area contributed by atoms with E-state index in [0.717, 1.165) is 17.0 Å². The minimum atomic E-state index is 0.307. The summed E-state index contributed by atoms with van der Waals surface area (Å²) in [6.45, 7) is 12.6. The van der Waals surface area contributed by atoms with Crippen LogP contribution in [0, 0.1) is 12.3 Å². The first-order valence-corrected chi connectivity index (χ1v) is 9.03. The fourth-order valence-corrected chi connectivity index (χ4v) is 3.07. The molecule has 3 rings (SSSR count). The van der Waals surface area contributed by atoms with Gasteiger partial charge in [-0.05, 0) is 31.1 Å². The molecule has 1 aliphatic heterocycles. The zero-order chi connectivity index (χ0) is 20.1. The molecule has 1 aromatic carbocycles. The van der Waals surface area contributed by atoms with Crippen molar-refractivity contribution in [1.29, 1.82) is 5.41 Å². The Labute approximate surface area is 161 Å². The summed E-state index contributed by atoms with van der Waals surface area (Å²) in [6, 6.07) is 6.24. The predicted molar refractivity (Wildman–Crippen MR) is 115 cm³/mol. The highest BCUT2D eigenvalue weighted by molar-refractivity contribution is 6.04. The van der Waals surface area contributed by atoms with Gasteiger partial charge in [-0.1, -0.05) is 38.6 Å². The van der Waals surface area contributed by atoms with Crippen molar-refractivity contribution >= 4 is 29.1 Å². The molecular weight excluding hydrogens is 336 g/mol. The van der Waals surface area contributed by atoms with Gasteiger partial charge < -0.3 is 21.4 Å². The first kappa shape index (κ1) is 20.2. The molecule has 2 aromatic rings. The molecule has 0 amide bonds. The molecule has 0 aliphatic carbocycles. The van der Waals surface area contributed by atoms with Crippen LogP contribution in [0.2, 0.25) is 0 Å². The van der Waals surface area contributed by atoms with Gasteiger partial charge in [0.15, 0.2) is 0 Å². The number of aryl methyl sites for hydroxylation is 1. The minimum Gasteiger partial charge on any atom is -0.383 e. The third-order valence-electron chi connectivity index (χ3n) is 4.44. The fraction of sp³-hybridized carbons (Fsp3) is 0.286. The third-order valence-corrected chi connectivity index (χ3v) is 4.44. The Kier molecular flexibility index (Phi) is 6.34. The van der Waals surface area contributed by atoms with Crippen LogP contribution in [0.15, 0.2) is 36.8 Å². The van der Waals surface area contributed by atoms with Crippen LogP contribution in [-0.2, 0) is 0 Å². The summed E-state index contributed by atoms with van der Waals surface area (Å²) >= 11 is 0. The molecule has 0 atom stereocenters. The average molecular weight is 364 g/mol. The number of benzene rings is 1. The number of anilines is 2. The molecule has 0 radical (unpaired) electrons. The van der Waals surface area contributed by atoms with Gasteiger partial charge in [0.25, 0.3) is 0 Å². The van der Waals surface area contributed by atoms with E-state index >= 15 is 0 Å². The van der Waals surface area contributed by atoms with Gasteiger partial charge in [-0.3, -0.25) is 0 Å². The van der Waals surface area contributed by atoms with E-state index in [9.17, 15) is 0 Å². The van der Waals surface area contributed by atoms with Crippen molar-refractivity contribution in [3.63, 3.8) is 0 Å². The molecule has 27 heavy (non-hydrogen) atoms. The lowest BCUT2D eigenvalue weighted by atomic mass is 9.95. The van der Waals surface area contributed by atoms with Crippen molar-refractivity contribution in [2.45, 2.75) is 27.7 Å². The molecular formula is C21H28N6. The number of fused-ring (bicyclic) bond motifs is 1. The minimum absolute atomic E-state index is 0.307. The molecule has 6 heteroatoms. The molecule has 4 N–H and O–H groups in total. The molecule has 0 unspecified atom stereocenters. The number of hydrogen-bond acceptors (Lipinski definition) is 6. The van der Waals surface area contributed by atoms with Gasteiger partial charge >= 0.3 is 0 Å². The van der Waals surface area contributed by atoms with Gasteiger partial charge in [-0.15, -0.1) is 0 Å². The monoisotopic (exact) mass is 364 g/mol. The summed E-state index contributed by atoms with van der Waals surface area (Å²) in [5.41, 5.74) is 12.3. The maximum Gasteiger partial charge on any atom is 0.140 e. The summed E-state index contributed by atoms with van der Waals surface area (Å²) in [4.78, 5) is 10.3. The van der Waals surface area contributed by atoms with Gasteiger partial charge in [0, 0.05) is 29.7 Å². The summed E-state index contributed by atoms with van der Waals surface area (Å²) in [5.74, 6) is 0.872. The van der Waals surface area contributed by atoms with E-state index in [1.807, 2.05) is 20.9 Å². The molecule has 6 nitrogen and oxygen atoms in total. The summed E-state index contributed by atoms with van der Waals surface area (Å²) < 4.78 is 0. The number of nitrogens with zero attached hydrogens (tertiary/aromatic N) is 3. The van der Waals surface area contributed by atoms with Crippen LogP contribution in [-0.4, -0.2) is 34.2 Å². The van der Waals surface area contributed by atoms with Crippen LogP contribution in [0.5, 0.6) is 0 Å². The Morgan fingerprint density at radius 3 is 2.67 bits per heavy atom. The number of hydrogen-bond donors (Lipinski definition) is 3. The maximum absolute atomic E-state index is 7.89. The molecule has 0 fully saturated rings. The molecule has 0 spiro atoms. The SMILES string of the molecule is C=C1c2c(C)cccc2C=C(CNc2ncnc(N)c2C(C)=N)N1C.CC. The molecule has 0 saturated carbocycles. The Balaban J connectivity index is 0.00000126. The first-order valence-electron chi connectivity index (χ1n) is 9.03. The lowest BCUT2D eigenvalue weighted by Gasteiger charge is -2.31. The number of likely N-dealkylation sites (N-methyl/N-ethyl adjacent to an activating group) is 1. The highest BCUT2D eigenvalue weighted by Gasteiger charge is 2.20. The molecule has 2 heterocycles. The van der Waals surface area contributed by atoms with Gasteiger partial charge in [-0.2, -0.15) is 0 Å². The number of nitrogens with two attached hydrogens (primary N) is 1. The second-order valence-corrected chi connectivity index (χ2v) is 6.14. The number of nitrogens with one attached hydrogen (secondary N) is 2. The highest BCUT2D eigenvalue weighted by atomic mass is 15.2. The second-order valence-electron chi connectivity index (χ2n) is 6.14. The van der Waals surface area contributed by atoms with Gasteiger partial charge in [0.05, 0.1) is 12.1 Å². The van der Waals surface area contributed by atoms with Crippen LogP contribution in [0.25, 0.3) is 11.8 Å². The fourth-order valence-electron chi connectivity index (χ4n) is 3.07. The van der Waals surface area contributed by atoms with Crippen molar-refractivity contribution in [3.8, 4) is 0 Å². The average Bonchev–Trinajstić information content (AvgIpc) is 2.64. The summed E-state index contributed by atoms with van der Waals surface area (Å²) in [7, 11) is 2.00. The number of rotatable bonds is 4. The number of nitrogen functional groups attached to an aromatic ring is 1. The van der Waals surface area contributed by atoms with Crippen molar-refractivity contribution < 1.29 is 0 Å². The lowest BCUT2D eigenvalue weighted by molar-refractivity contribution is 0.589. The van der Waals surface area contributed by atoms with Crippen LogP contribution in [0.1, 0.15) is 43.0 Å². The Morgan fingerprint density at radius 2 is 2.00 bits per heavy atom. The smallest absolute Gasteiger partial charge is 0.140 e.